The van der Waals surface area contributed by atoms with Crippen LogP contribution in [-0.2, 0) is 19.4 Å². The number of sulfone groups is 1. The largest absolute Gasteiger partial charge is 0.480 e. The summed E-state index contributed by atoms with van der Waals surface area (Å²) >= 11 is 0. The topological polar surface area (TPSA) is 156 Å². The zero-order valence-electron chi connectivity index (χ0n) is 10.7. The molecule has 1 aliphatic rings. The highest BCUT2D eigenvalue weighted by atomic mass is 32.2. The maximum atomic E-state index is 11.6. The lowest BCUT2D eigenvalue weighted by molar-refractivity contribution is -0.139. The molecule has 0 aromatic carbocycles. The third-order valence-corrected chi connectivity index (χ3v) is 4.62. The molecule has 0 saturated carbocycles. The summed E-state index contributed by atoms with van der Waals surface area (Å²) in [5.41, 5.74) is 4.91. The van der Waals surface area contributed by atoms with E-state index in [0.717, 1.165) is 0 Å². The smallest absolute Gasteiger partial charge is 0.326 e. The molecular formula is C10H17N3O6S. The molecule has 1 saturated heterocycles. The molecule has 0 aromatic rings. The minimum Gasteiger partial charge on any atom is -0.480 e. The van der Waals surface area contributed by atoms with E-state index >= 15 is 0 Å². The van der Waals surface area contributed by atoms with Crippen LogP contribution in [0.2, 0.25) is 0 Å². The Morgan fingerprint density at radius 1 is 1.35 bits per heavy atom. The zero-order valence-corrected chi connectivity index (χ0v) is 11.5. The number of rotatable bonds is 6. The monoisotopic (exact) mass is 307 g/mol. The van der Waals surface area contributed by atoms with Gasteiger partial charge in [0.05, 0.1) is 11.5 Å². The summed E-state index contributed by atoms with van der Waals surface area (Å²) in [5.74, 6) is -2.11. The predicted octanol–water partition coefficient (Wildman–Crippen LogP) is -1.81. The van der Waals surface area contributed by atoms with Crippen LogP contribution in [0.25, 0.3) is 0 Å². The number of urea groups is 1. The maximum Gasteiger partial charge on any atom is 0.326 e. The van der Waals surface area contributed by atoms with Crippen molar-refractivity contribution in [2.24, 2.45) is 5.73 Å². The van der Waals surface area contributed by atoms with Crippen LogP contribution < -0.4 is 16.4 Å². The van der Waals surface area contributed by atoms with E-state index in [4.69, 9.17) is 10.8 Å². The Kier molecular flexibility index (Phi) is 5.31. The van der Waals surface area contributed by atoms with Gasteiger partial charge in [-0.25, -0.2) is 18.0 Å². The molecule has 0 aliphatic carbocycles. The van der Waals surface area contributed by atoms with Crippen molar-refractivity contribution in [3.63, 3.8) is 0 Å². The van der Waals surface area contributed by atoms with E-state index in [1.54, 1.807) is 0 Å². The third-order valence-electron chi connectivity index (χ3n) is 2.85. The number of amides is 3. The summed E-state index contributed by atoms with van der Waals surface area (Å²) in [6.07, 6.45) is 0.00485. The lowest BCUT2D eigenvalue weighted by Crippen LogP contribution is -2.49. The number of carbonyl (C=O) groups excluding carboxylic acids is 2. The second kappa shape index (κ2) is 6.55. The SMILES string of the molecule is NC(=O)CC[C@H](NC(=O)NC1CCS(=O)(=O)C1)C(=O)O. The first-order chi connectivity index (χ1) is 9.19. The van der Waals surface area contributed by atoms with Gasteiger partial charge < -0.3 is 21.5 Å². The molecule has 10 heteroatoms. The standard InChI is InChI=1S/C10H17N3O6S/c11-8(14)2-1-7(9(15)16)13-10(17)12-6-3-4-20(18,19)5-6/h6-7H,1-5H2,(H2,11,14)(H,15,16)(H2,12,13,17)/t6?,7-/m0/s1. The molecule has 2 atom stereocenters. The molecule has 114 valence electrons. The molecule has 1 aliphatic heterocycles. The molecule has 1 unspecified atom stereocenters. The summed E-state index contributed by atoms with van der Waals surface area (Å²) in [5, 5.41) is 13.5. The molecule has 0 bridgehead atoms. The van der Waals surface area contributed by atoms with E-state index < -0.39 is 39.8 Å². The number of nitrogens with one attached hydrogen (secondary N) is 2. The van der Waals surface area contributed by atoms with Crippen molar-refractivity contribution in [3.8, 4) is 0 Å². The van der Waals surface area contributed by atoms with Crippen LogP contribution in [0, 0.1) is 0 Å². The van der Waals surface area contributed by atoms with Crippen LogP contribution in [0.5, 0.6) is 0 Å². The van der Waals surface area contributed by atoms with Crippen molar-refractivity contribution in [3.05, 3.63) is 0 Å². The molecule has 1 fully saturated rings. The summed E-state index contributed by atoms with van der Waals surface area (Å²) in [6.45, 7) is 0. The molecule has 3 amide bonds. The summed E-state index contributed by atoms with van der Waals surface area (Å²) in [7, 11) is -3.13. The zero-order chi connectivity index (χ0) is 15.3. The molecule has 9 nitrogen and oxygen atoms in total. The Labute approximate surface area is 115 Å². The third kappa shape index (κ3) is 5.43. The fourth-order valence-electron chi connectivity index (χ4n) is 1.84. The van der Waals surface area contributed by atoms with E-state index in [2.05, 4.69) is 10.6 Å². The number of aliphatic carboxylic acids is 1. The van der Waals surface area contributed by atoms with E-state index in [0.29, 0.717) is 6.42 Å². The lowest BCUT2D eigenvalue weighted by atomic mass is 10.1. The van der Waals surface area contributed by atoms with E-state index in [1.807, 2.05) is 0 Å². The Morgan fingerprint density at radius 3 is 2.45 bits per heavy atom. The number of primary amides is 1. The van der Waals surface area contributed by atoms with Gasteiger partial charge in [0.25, 0.3) is 0 Å². The number of nitrogens with two attached hydrogens (primary N) is 1. The first-order valence-electron chi connectivity index (χ1n) is 5.98. The Morgan fingerprint density at radius 2 is 2.00 bits per heavy atom. The highest BCUT2D eigenvalue weighted by Crippen LogP contribution is 2.11. The normalized spacial score (nSPS) is 21.9. The van der Waals surface area contributed by atoms with E-state index in [9.17, 15) is 22.8 Å². The van der Waals surface area contributed by atoms with Crippen molar-refractivity contribution in [1.82, 2.24) is 10.6 Å². The van der Waals surface area contributed by atoms with E-state index in [1.165, 1.54) is 0 Å². The quantitative estimate of drug-likeness (QED) is 0.453. The second-order valence-corrected chi connectivity index (χ2v) is 6.84. The molecule has 20 heavy (non-hydrogen) atoms. The lowest BCUT2D eigenvalue weighted by Gasteiger charge is -2.16. The van der Waals surface area contributed by atoms with Gasteiger partial charge in [-0.3, -0.25) is 4.79 Å². The van der Waals surface area contributed by atoms with Gasteiger partial charge in [0.2, 0.25) is 5.91 Å². The summed E-state index contributed by atoms with van der Waals surface area (Å²) in [4.78, 5) is 33.1. The number of carbonyl (C=O) groups is 3. The fraction of sp³-hybridized carbons (Fsp3) is 0.700. The Bertz CT molecular complexity index is 503. The van der Waals surface area contributed by atoms with Crippen molar-refractivity contribution in [2.75, 3.05) is 11.5 Å². The number of carboxylic acids is 1. The number of hydrogen-bond donors (Lipinski definition) is 4. The van der Waals surface area contributed by atoms with Crippen LogP contribution in [0.3, 0.4) is 0 Å². The van der Waals surface area contributed by atoms with Gasteiger partial charge in [0.1, 0.15) is 6.04 Å². The minimum atomic E-state index is -3.13. The molecule has 0 spiro atoms. The van der Waals surface area contributed by atoms with Crippen LogP contribution >= 0.6 is 0 Å². The molecule has 0 radical (unpaired) electrons. The van der Waals surface area contributed by atoms with Gasteiger partial charge in [-0.2, -0.15) is 0 Å². The molecule has 1 heterocycles. The van der Waals surface area contributed by atoms with Crippen molar-refractivity contribution < 1.29 is 27.9 Å². The van der Waals surface area contributed by atoms with Gasteiger partial charge in [0.15, 0.2) is 9.84 Å². The van der Waals surface area contributed by atoms with Crippen molar-refractivity contribution >= 4 is 27.7 Å². The molecular weight excluding hydrogens is 290 g/mol. The molecule has 1 rings (SSSR count). The minimum absolute atomic E-state index is 0.00197. The van der Waals surface area contributed by atoms with Crippen LogP contribution in [-0.4, -0.2) is 55.0 Å². The molecule has 5 N–H and O–H groups in total. The predicted molar refractivity (Wildman–Crippen MR) is 68.6 cm³/mol. The van der Waals surface area contributed by atoms with Crippen LogP contribution in [0.1, 0.15) is 19.3 Å². The van der Waals surface area contributed by atoms with Crippen molar-refractivity contribution in [1.29, 1.82) is 0 Å². The second-order valence-electron chi connectivity index (χ2n) is 4.61. The average molecular weight is 307 g/mol. The highest BCUT2D eigenvalue weighted by Gasteiger charge is 2.30. The van der Waals surface area contributed by atoms with Gasteiger partial charge in [-0.05, 0) is 12.8 Å². The first-order valence-corrected chi connectivity index (χ1v) is 7.80. The molecule has 0 aromatic heterocycles. The van der Waals surface area contributed by atoms with Gasteiger partial charge in [-0.1, -0.05) is 0 Å². The van der Waals surface area contributed by atoms with Crippen LogP contribution in [0.4, 0.5) is 4.79 Å². The highest BCUT2D eigenvalue weighted by molar-refractivity contribution is 7.91. The van der Waals surface area contributed by atoms with E-state index in [-0.39, 0.29) is 24.3 Å². The van der Waals surface area contributed by atoms with Crippen LogP contribution in [0.15, 0.2) is 0 Å². The van der Waals surface area contributed by atoms with Gasteiger partial charge in [-0.15, -0.1) is 0 Å². The maximum absolute atomic E-state index is 11.6. The number of hydrogen-bond acceptors (Lipinski definition) is 5. The average Bonchev–Trinajstić information content (AvgIpc) is 2.63. The Balaban J connectivity index is 2.46. The Hall–Kier alpha value is -1.84. The van der Waals surface area contributed by atoms with Gasteiger partial charge in [0, 0.05) is 12.5 Å². The van der Waals surface area contributed by atoms with Crippen molar-refractivity contribution in [2.45, 2.75) is 31.3 Å². The number of carboxylic acid groups (broad SMARTS) is 1. The first kappa shape index (κ1) is 16.2. The summed E-state index contributed by atoms with van der Waals surface area (Å²) < 4.78 is 22.4. The van der Waals surface area contributed by atoms with Gasteiger partial charge >= 0.3 is 12.0 Å². The summed E-state index contributed by atoms with van der Waals surface area (Å²) in [6, 6.07) is -2.55. The fourth-order valence-corrected chi connectivity index (χ4v) is 3.51.